The van der Waals surface area contributed by atoms with Gasteiger partial charge in [-0.1, -0.05) is 6.07 Å². The fourth-order valence-corrected chi connectivity index (χ4v) is 4.96. The van der Waals surface area contributed by atoms with E-state index >= 15 is 0 Å². The third-order valence-electron chi connectivity index (χ3n) is 5.68. The van der Waals surface area contributed by atoms with Crippen molar-refractivity contribution in [2.24, 2.45) is 0 Å². The minimum absolute atomic E-state index is 0.116. The van der Waals surface area contributed by atoms with Crippen molar-refractivity contribution >= 4 is 40.1 Å². The molecule has 1 aliphatic rings. The Balaban J connectivity index is 1.35. The van der Waals surface area contributed by atoms with Gasteiger partial charge in [-0.05, 0) is 91.9 Å². The van der Waals surface area contributed by atoms with Crippen LogP contribution in [-0.4, -0.2) is 28.2 Å². The van der Waals surface area contributed by atoms with E-state index in [1.165, 1.54) is 12.8 Å². The molecule has 0 spiro atoms. The first kappa shape index (κ1) is 20.5. The van der Waals surface area contributed by atoms with Gasteiger partial charge in [-0.15, -0.1) is 0 Å². The lowest BCUT2D eigenvalue weighted by molar-refractivity contribution is 0.102. The topological polar surface area (TPSA) is 58.1 Å². The van der Waals surface area contributed by atoms with Gasteiger partial charge >= 0.3 is 0 Å². The molecule has 5 rings (SSSR count). The Hall–Kier alpha value is -3.38. The summed E-state index contributed by atoms with van der Waals surface area (Å²) in [6.45, 7) is 3.11. The average molecular weight is 441 g/mol. The molecule has 2 aromatic heterocycles. The largest absolute Gasteiger partial charge is 0.322 e. The molecule has 6 heteroatoms. The molecule has 3 heterocycles. The molecule has 32 heavy (non-hydrogen) atoms. The number of aryl methyl sites for hydroxylation is 1. The van der Waals surface area contributed by atoms with Crippen LogP contribution in [0.3, 0.4) is 0 Å². The number of hydrogen-bond acceptors (Lipinski definition) is 5. The van der Waals surface area contributed by atoms with E-state index in [1.54, 1.807) is 6.20 Å². The maximum atomic E-state index is 12.9. The minimum atomic E-state index is -0.116. The van der Waals surface area contributed by atoms with Gasteiger partial charge in [-0.3, -0.25) is 9.78 Å². The van der Waals surface area contributed by atoms with Crippen molar-refractivity contribution in [3.8, 4) is 11.3 Å². The van der Waals surface area contributed by atoms with E-state index < -0.39 is 0 Å². The van der Waals surface area contributed by atoms with E-state index in [1.807, 2.05) is 78.8 Å². The highest BCUT2D eigenvalue weighted by Crippen LogP contribution is 2.29. The maximum absolute atomic E-state index is 12.9. The summed E-state index contributed by atoms with van der Waals surface area (Å²) in [5, 5.41) is 4.04. The molecule has 160 valence electrons. The predicted molar refractivity (Wildman–Crippen MR) is 133 cm³/mol. The number of nitrogens with zero attached hydrogens (tertiary/aromatic N) is 3. The molecule has 1 aliphatic heterocycles. The average Bonchev–Trinajstić information content (AvgIpc) is 2.85. The second-order valence-corrected chi connectivity index (χ2v) is 9.05. The molecule has 2 aromatic carbocycles. The maximum Gasteiger partial charge on any atom is 0.255 e. The van der Waals surface area contributed by atoms with E-state index in [9.17, 15) is 4.79 Å². The highest BCUT2D eigenvalue weighted by atomic mass is 32.2. The van der Waals surface area contributed by atoms with Crippen LogP contribution in [0.1, 0.15) is 28.8 Å². The first-order chi connectivity index (χ1) is 15.7. The zero-order valence-electron chi connectivity index (χ0n) is 17.9. The molecule has 1 N–H and O–H groups in total. The van der Waals surface area contributed by atoms with Crippen molar-refractivity contribution in [3.63, 3.8) is 0 Å². The number of carbonyl (C=O) groups excluding carboxylic acids is 1. The molecule has 0 saturated carbocycles. The minimum Gasteiger partial charge on any atom is -0.322 e. The number of carbonyl (C=O) groups is 1. The van der Waals surface area contributed by atoms with Crippen molar-refractivity contribution < 1.29 is 4.79 Å². The molecular weight excluding hydrogens is 416 g/mol. The fraction of sp³-hybridized carbons (Fsp3) is 0.192. The first-order valence-electron chi connectivity index (χ1n) is 10.8. The molecule has 0 radical (unpaired) electrons. The van der Waals surface area contributed by atoms with E-state index in [0.29, 0.717) is 5.56 Å². The second kappa shape index (κ2) is 9.01. The van der Waals surface area contributed by atoms with Crippen molar-refractivity contribution in [3.05, 3.63) is 84.2 Å². The van der Waals surface area contributed by atoms with Crippen LogP contribution in [0, 0.1) is 6.92 Å². The summed E-state index contributed by atoms with van der Waals surface area (Å²) in [5.74, 6) is 1.04. The fourth-order valence-electron chi connectivity index (χ4n) is 3.87. The summed E-state index contributed by atoms with van der Waals surface area (Å²) in [6, 6.07) is 19.7. The molecule has 0 unspecified atom stereocenters. The van der Waals surface area contributed by atoms with Gasteiger partial charge in [0.15, 0.2) is 0 Å². The van der Waals surface area contributed by atoms with Crippen molar-refractivity contribution in [2.45, 2.75) is 19.8 Å². The normalized spacial score (nSPS) is 13.8. The standard InChI is InChI=1S/C26H24N4OS/c1-18-4-8-21(16-23(18)25-11-7-20-17-27-13-12-24(20)29-25)28-26(31)19-5-9-22(10-6-19)30-14-2-3-15-32-30/h4-13,16-17H,2-3,14-15H2,1H3,(H,28,31). The van der Waals surface area contributed by atoms with Gasteiger partial charge in [-0.2, -0.15) is 0 Å². The van der Waals surface area contributed by atoms with Crippen LogP contribution in [0.15, 0.2) is 73.1 Å². The molecule has 1 amide bonds. The van der Waals surface area contributed by atoms with Crippen LogP contribution >= 0.6 is 11.9 Å². The van der Waals surface area contributed by atoms with E-state index in [4.69, 9.17) is 4.98 Å². The summed E-state index contributed by atoms with van der Waals surface area (Å²) in [5.41, 5.74) is 6.43. The quantitative estimate of drug-likeness (QED) is 0.388. The number of benzene rings is 2. The zero-order valence-corrected chi connectivity index (χ0v) is 18.7. The molecule has 5 nitrogen and oxygen atoms in total. The second-order valence-electron chi connectivity index (χ2n) is 7.94. The summed E-state index contributed by atoms with van der Waals surface area (Å²) >= 11 is 1.86. The van der Waals surface area contributed by atoms with E-state index in [-0.39, 0.29) is 5.91 Å². The van der Waals surface area contributed by atoms with Crippen molar-refractivity contribution in [1.29, 1.82) is 0 Å². The van der Waals surface area contributed by atoms with Gasteiger partial charge in [0.1, 0.15) is 0 Å². The summed E-state index contributed by atoms with van der Waals surface area (Å²) in [7, 11) is 0. The molecule has 0 aliphatic carbocycles. The lowest BCUT2D eigenvalue weighted by Crippen LogP contribution is -2.21. The lowest BCUT2D eigenvalue weighted by atomic mass is 10.0. The SMILES string of the molecule is Cc1ccc(NC(=O)c2ccc(N3CCCCS3)cc2)cc1-c1ccc2cnccc2n1. The van der Waals surface area contributed by atoms with E-state index in [0.717, 1.165) is 51.4 Å². The first-order valence-corrected chi connectivity index (χ1v) is 11.8. The predicted octanol–water partition coefficient (Wildman–Crippen LogP) is 6.11. The van der Waals surface area contributed by atoms with Crippen LogP contribution in [-0.2, 0) is 0 Å². The molecule has 4 aromatic rings. The van der Waals surface area contributed by atoms with Crippen LogP contribution in [0.2, 0.25) is 0 Å². The number of fused-ring (bicyclic) bond motifs is 1. The van der Waals surface area contributed by atoms with Gasteiger partial charge in [0.05, 0.1) is 11.2 Å². The third-order valence-corrected chi connectivity index (χ3v) is 6.86. The highest BCUT2D eigenvalue weighted by molar-refractivity contribution is 8.00. The molecule has 1 saturated heterocycles. The number of amides is 1. The monoisotopic (exact) mass is 440 g/mol. The number of anilines is 2. The zero-order chi connectivity index (χ0) is 21.9. The Labute approximate surface area is 192 Å². The van der Waals surface area contributed by atoms with E-state index in [2.05, 4.69) is 21.5 Å². The summed E-state index contributed by atoms with van der Waals surface area (Å²) < 4.78 is 2.31. The molecule has 1 fully saturated rings. The Kier molecular flexibility index (Phi) is 5.77. The Morgan fingerprint density at radius 1 is 1.03 bits per heavy atom. The smallest absolute Gasteiger partial charge is 0.255 e. The summed E-state index contributed by atoms with van der Waals surface area (Å²) in [4.78, 5) is 21.8. The van der Waals surface area contributed by atoms with Gasteiger partial charge in [0, 0.05) is 52.6 Å². The van der Waals surface area contributed by atoms with Crippen molar-refractivity contribution in [1.82, 2.24) is 9.97 Å². The Bertz CT molecular complexity index is 1270. The Morgan fingerprint density at radius 2 is 1.91 bits per heavy atom. The van der Waals surface area contributed by atoms with Crippen LogP contribution < -0.4 is 9.62 Å². The van der Waals surface area contributed by atoms with Gasteiger partial charge < -0.3 is 9.62 Å². The number of nitrogens with one attached hydrogen (secondary N) is 1. The molecule has 0 bridgehead atoms. The molecule has 0 atom stereocenters. The number of aromatic nitrogens is 2. The lowest BCUT2D eigenvalue weighted by Gasteiger charge is -2.27. The van der Waals surface area contributed by atoms with Crippen LogP contribution in [0.4, 0.5) is 11.4 Å². The number of pyridine rings is 2. The number of rotatable bonds is 4. The highest BCUT2D eigenvalue weighted by Gasteiger charge is 2.14. The van der Waals surface area contributed by atoms with Gasteiger partial charge in [0.25, 0.3) is 5.91 Å². The van der Waals surface area contributed by atoms with Crippen LogP contribution in [0.5, 0.6) is 0 Å². The molecular formula is C26H24N4OS. The number of hydrogen-bond donors (Lipinski definition) is 1. The van der Waals surface area contributed by atoms with Crippen molar-refractivity contribution in [2.75, 3.05) is 21.9 Å². The van der Waals surface area contributed by atoms with Gasteiger partial charge in [-0.25, -0.2) is 4.98 Å². The third kappa shape index (κ3) is 4.32. The van der Waals surface area contributed by atoms with Gasteiger partial charge in [0.2, 0.25) is 0 Å². The summed E-state index contributed by atoms with van der Waals surface area (Å²) in [6.07, 6.45) is 6.04. The van der Waals surface area contributed by atoms with Crippen LogP contribution in [0.25, 0.3) is 22.2 Å². The Morgan fingerprint density at radius 3 is 2.72 bits per heavy atom.